The summed E-state index contributed by atoms with van der Waals surface area (Å²) in [6.07, 6.45) is 9.80. The van der Waals surface area contributed by atoms with E-state index in [0.717, 1.165) is 51.5 Å². The van der Waals surface area contributed by atoms with Crippen LogP contribution in [0.2, 0.25) is 0 Å². The summed E-state index contributed by atoms with van der Waals surface area (Å²) in [7, 11) is 0. The lowest BCUT2D eigenvalue weighted by molar-refractivity contribution is -0.144. The highest BCUT2D eigenvalue weighted by Gasteiger charge is 2.43. The number of nitrogens with zero attached hydrogens (tertiary/aromatic N) is 4. The largest absolute Gasteiger partial charge is 0.342 e. The van der Waals surface area contributed by atoms with Crippen LogP contribution in [0.1, 0.15) is 57.9 Å². The van der Waals surface area contributed by atoms with Crippen molar-refractivity contribution < 1.29 is 9.59 Å². The van der Waals surface area contributed by atoms with Crippen LogP contribution in [0.4, 0.5) is 0 Å². The second kappa shape index (κ2) is 6.68. The summed E-state index contributed by atoms with van der Waals surface area (Å²) in [5.41, 5.74) is -0.700. The van der Waals surface area contributed by atoms with E-state index in [1.807, 2.05) is 9.58 Å². The van der Waals surface area contributed by atoms with Crippen LogP contribution in [-0.2, 0) is 9.59 Å². The van der Waals surface area contributed by atoms with Crippen molar-refractivity contribution >= 4 is 11.8 Å². The summed E-state index contributed by atoms with van der Waals surface area (Å²) < 4.78 is 1.84. The second-order valence-electron chi connectivity index (χ2n) is 6.75. The predicted octanol–water partition coefficient (Wildman–Crippen LogP) is 1.28. The zero-order valence-electron chi connectivity index (χ0n) is 13.7. The lowest BCUT2D eigenvalue weighted by Crippen LogP contribution is -2.61. The molecule has 0 radical (unpaired) electrons. The molecule has 2 heterocycles. The lowest BCUT2D eigenvalue weighted by Gasteiger charge is -2.42. The Morgan fingerprint density at radius 2 is 2.00 bits per heavy atom. The number of carbonyl (C=O) groups is 2. The molecule has 126 valence electrons. The van der Waals surface area contributed by atoms with Crippen molar-refractivity contribution in [2.45, 2.75) is 63.5 Å². The first kappa shape index (κ1) is 16.0. The van der Waals surface area contributed by atoms with Crippen LogP contribution in [-0.4, -0.2) is 50.1 Å². The fourth-order valence-electron chi connectivity index (χ4n) is 3.95. The van der Waals surface area contributed by atoms with Crippen LogP contribution < -0.4 is 5.32 Å². The Morgan fingerprint density at radius 1 is 1.22 bits per heavy atom. The monoisotopic (exact) mass is 319 g/mol. The summed E-state index contributed by atoms with van der Waals surface area (Å²) in [5.74, 6) is -0.0395. The normalized spacial score (nSPS) is 24.2. The number of nitrogens with one attached hydrogen (secondary N) is 1. The Balaban J connectivity index is 1.75. The van der Waals surface area contributed by atoms with E-state index in [-0.39, 0.29) is 17.9 Å². The van der Waals surface area contributed by atoms with Gasteiger partial charge in [0.1, 0.15) is 18.2 Å². The van der Waals surface area contributed by atoms with Gasteiger partial charge in [0.25, 0.3) is 0 Å². The van der Waals surface area contributed by atoms with Crippen LogP contribution in [0.25, 0.3) is 0 Å². The molecule has 1 saturated carbocycles. The molecule has 7 nitrogen and oxygen atoms in total. The molecule has 0 bridgehead atoms. The third-order valence-corrected chi connectivity index (χ3v) is 5.03. The SMILES string of the molecule is CC(=O)NC1(C(=O)N2CCC[C@H](n3cncn3)C2)CCCCC1. The van der Waals surface area contributed by atoms with Gasteiger partial charge >= 0.3 is 0 Å². The topological polar surface area (TPSA) is 80.1 Å². The van der Waals surface area contributed by atoms with E-state index in [0.29, 0.717) is 6.54 Å². The maximum atomic E-state index is 13.2. The molecule has 1 N–H and O–H groups in total. The van der Waals surface area contributed by atoms with E-state index in [1.165, 1.54) is 13.3 Å². The van der Waals surface area contributed by atoms with Gasteiger partial charge in [-0.15, -0.1) is 0 Å². The van der Waals surface area contributed by atoms with Crippen LogP contribution in [0.15, 0.2) is 12.7 Å². The van der Waals surface area contributed by atoms with Gasteiger partial charge < -0.3 is 10.2 Å². The summed E-state index contributed by atoms with van der Waals surface area (Å²) in [5, 5.41) is 7.19. The van der Waals surface area contributed by atoms with E-state index in [9.17, 15) is 9.59 Å². The van der Waals surface area contributed by atoms with Crippen LogP contribution in [0.3, 0.4) is 0 Å². The second-order valence-corrected chi connectivity index (χ2v) is 6.75. The molecule has 0 unspecified atom stereocenters. The first-order valence-electron chi connectivity index (χ1n) is 8.53. The lowest BCUT2D eigenvalue weighted by atomic mass is 9.80. The quantitative estimate of drug-likeness (QED) is 0.910. The predicted molar refractivity (Wildman–Crippen MR) is 84.5 cm³/mol. The van der Waals surface area contributed by atoms with Crippen LogP contribution in [0.5, 0.6) is 0 Å². The fraction of sp³-hybridized carbons (Fsp3) is 0.750. The first-order chi connectivity index (χ1) is 11.1. The van der Waals surface area contributed by atoms with Crippen LogP contribution >= 0.6 is 0 Å². The summed E-state index contributed by atoms with van der Waals surface area (Å²) in [6.45, 7) is 2.90. The molecular weight excluding hydrogens is 294 g/mol. The average Bonchev–Trinajstić information content (AvgIpc) is 3.09. The molecule has 7 heteroatoms. The third kappa shape index (κ3) is 3.38. The number of aromatic nitrogens is 3. The van der Waals surface area contributed by atoms with E-state index < -0.39 is 5.54 Å². The smallest absolute Gasteiger partial charge is 0.248 e. The molecule has 3 rings (SSSR count). The van der Waals surface area contributed by atoms with E-state index in [2.05, 4.69) is 15.4 Å². The zero-order valence-corrected chi connectivity index (χ0v) is 13.7. The van der Waals surface area contributed by atoms with Gasteiger partial charge in [-0.1, -0.05) is 19.3 Å². The number of likely N-dealkylation sites (tertiary alicyclic amines) is 1. The Bertz CT molecular complexity index is 551. The van der Waals surface area contributed by atoms with Gasteiger partial charge in [-0.2, -0.15) is 5.10 Å². The van der Waals surface area contributed by atoms with E-state index >= 15 is 0 Å². The molecule has 2 amide bonds. The molecule has 2 fully saturated rings. The third-order valence-electron chi connectivity index (χ3n) is 5.03. The van der Waals surface area contributed by atoms with Gasteiger partial charge in [-0.05, 0) is 25.7 Å². The van der Waals surface area contributed by atoms with Crippen molar-refractivity contribution in [3.63, 3.8) is 0 Å². The molecule has 23 heavy (non-hydrogen) atoms. The Labute approximate surface area is 136 Å². The number of hydrogen-bond acceptors (Lipinski definition) is 4. The van der Waals surface area contributed by atoms with Gasteiger partial charge in [0.05, 0.1) is 6.04 Å². The van der Waals surface area contributed by atoms with Crippen LogP contribution in [0, 0.1) is 0 Å². The minimum Gasteiger partial charge on any atom is -0.342 e. The van der Waals surface area contributed by atoms with Crippen molar-refractivity contribution in [2.75, 3.05) is 13.1 Å². The molecule has 1 saturated heterocycles. The molecule has 1 aliphatic carbocycles. The molecule has 0 aromatic carbocycles. The minimum absolute atomic E-state index is 0.0808. The Hall–Kier alpha value is -1.92. The van der Waals surface area contributed by atoms with Gasteiger partial charge in [0.2, 0.25) is 11.8 Å². The summed E-state index contributed by atoms with van der Waals surface area (Å²) in [6, 6.07) is 0.174. The standard InChI is InChI=1S/C16H25N5O2/c1-13(22)19-16(7-3-2-4-8-16)15(23)20-9-5-6-14(10-20)21-12-17-11-18-21/h11-12,14H,2-10H2,1H3,(H,19,22)/t14-/m0/s1. The van der Waals surface area contributed by atoms with Gasteiger partial charge in [0, 0.05) is 20.0 Å². The zero-order chi connectivity index (χ0) is 16.3. The highest BCUT2D eigenvalue weighted by molar-refractivity contribution is 5.91. The van der Waals surface area contributed by atoms with Gasteiger partial charge in [0.15, 0.2) is 0 Å². The summed E-state index contributed by atoms with van der Waals surface area (Å²) in [4.78, 5) is 30.8. The Morgan fingerprint density at radius 3 is 2.65 bits per heavy atom. The molecule has 2 aliphatic rings. The maximum absolute atomic E-state index is 13.2. The minimum atomic E-state index is -0.700. The summed E-state index contributed by atoms with van der Waals surface area (Å²) >= 11 is 0. The maximum Gasteiger partial charge on any atom is 0.248 e. The van der Waals surface area contributed by atoms with E-state index in [1.54, 1.807) is 6.33 Å². The van der Waals surface area contributed by atoms with E-state index in [4.69, 9.17) is 0 Å². The van der Waals surface area contributed by atoms with Crippen molar-refractivity contribution in [1.29, 1.82) is 0 Å². The van der Waals surface area contributed by atoms with Crippen molar-refractivity contribution in [2.24, 2.45) is 0 Å². The fourth-order valence-corrected chi connectivity index (χ4v) is 3.95. The number of rotatable bonds is 3. The number of hydrogen-bond donors (Lipinski definition) is 1. The average molecular weight is 319 g/mol. The number of amides is 2. The first-order valence-corrected chi connectivity index (χ1v) is 8.53. The molecular formula is C16H25N5O2. The highest BCUT2D eigenvalue weighted by atomic mass is 16.2. The van der Waals surface area contributed by atoms with Gasteiger partial charge in [-0.25, -0.2) is 9.67 Å². The number of carbonyl (C=O) groups excluding carboxylic acids is 2. The molecule has 1 atom stereocenters. The van der Waals surface area contributed by atoms with Crippen molar-refractivity contribution in [3.05, 3.63) is 12.7 Å². The van der Waals surface area contributed by atoms with Crippen molar-refractivity contribution in [1.82, 2.24) is 25.0 Å². The number of piperidine rings is 1. The highest BCUT2D eigenvalue weighted by Crippen LogP contribution is 2.32. The molecule has 1 aromatic rings. The molecule has 0 spiro atoms. The van der Waals surface area contributed by atoms with Crippen molar-refractivity contribution in [3.8, 4) is 0 Å². The van der Waals surface area contributed by atoms with Gasteiger partial charge in [-0.3, -0.25) is 9.59 Å². The molecule has 1 aliphatic heterocycles. The Kier molecular flexibility index (Phi) is 4.63. The molecule has 1 aromatic heterocycles.